The van der Waals surface area contributed by atoms with Crippen LogP contribution >= 0.6 is 11.3 Å². The molecule has 8 nitrogen and oxygen atoms in total. The molecule has 0 spiro atoms. The number of hydrazine groups is 1. The molecule has 1 aromatic heterocycles. The Balaban J connectivity index is 1.40. The molecule has 0 unspecified atom stereocenters. The lowest BCUT2D eigenvalue weighted by Crippen LogP contribution is -2.53. The van der Waals surface area contributed by atoms with Crippen LogP contribution in [0.2, 0.25) is 0 Å². The summed E-state index contributed by atoms with van der Waals surface area (Å²) in [6.45, 7) is 0.00987. The van der Waals surface area contributed by atoms with Crippen molar-refractivity contribution in [1.82, 2.24) is 16.2 Å². The molecule has 3 aromatic rings. The van der Waals surface area contributed by atoms with Crippen molar-refractivity contribution < 1.29 is 23.9 Å². The molecule has 0 saturated carbocycles. The van der Waals surface area contributed by atoms with Gasteiger partial charge in [0.2, 0.25) is 6.10 Å². The second-order valence-corrected chi connectivity index (χ2v) is 7.58. The van der Waals surface area contributed by atoms with Crippen LogP contribution in [0, 0.1) is 0 Å². The number of hydrogen-bond acceptors (Lipinski definition) is 6. The average molecular weight is 437 g/mol. The second-order valence-electron chi connectivity index (χ2n) is 6.64. The molecule has 9 heteroatoms. The van der Waals surface area contributed by atoms with Gasteiger partial charge in [-0.1, -0.05) is 48.5 Å². The number of carbonyl (C=O) groups is 3. The molecule has 2 heterocycles. The zero-order chi connectivity index (χ0) is 21.6. The number of carbonyl (C=O) groups excluding carboxylic acids is 3. The van der Waals surface area contributed by atoms with Crippen LogP contribution < -0.4 is 25.6 Å². The van der Waals surface area contributed by atoms with Crippen LogP contribution in [0.15, 0.2) is 72.1 Å². The molecule has 158 valence electrons. The maximum atomic E-state index is 12.8. The fourth-order valence-electron chi connectivity index (χ4n) is 2.98. The Kier molecular flexibility index (Phi) is 6.13. The Bertz CT molecular complexity index is 1070. The first-order valence-corrected chi connectivity index (χ1v) is 10.4. The zero-order valence-electron chi connectivity index (χ0n) is 16.2. The van der Waals surface area contributed by atoms with Gasteiger partial charge in [0.1, 0.15) is 12.6 Å². The van der Waals surface area contributed by atoms with Gasteiger partial charge in [-0.05, 0) is 29.1 Å². The van der Waals surface area contributed by atoms with Gasteiger partial charge in [-0.15, -0.1) is 11.3 Å². The van der Waals surface area contributed by atoms with Crippen LogP contribution in [0.25, 0.3) is 0 Å². The summed E-state index contributed by atoms with van der Waals surface area (Å²) in [5.74, 6) is -0.548. The summed E-state index contributed by atoms with van der Waals surface area (Å²) in [5.41, 5.74) is 5.29. The van der Waals surface area contributed by atoms with E-state index in [0.29, 0.717) is 21.9 Å². The van der Waals surface area contributed by atoms with Crippen LogP contribution in [-0.2, 0) is 9.59 Å². The number of thiophene rings is 1. The number of rotatable bonds is 5. The predicted molar refractivity (Wildman–Crippen MR) is 114 cm³/mol. The molecular weight excluding hydrogens is 418 g/mol. The van der Waals surface area contributed by atoms with E-state index in [0.717, 1.165) is 0 Å². The molecule has 3 N–H and O–H groups in total. The Morgan fingerprint density at radius 3 is 2.39 bits per heavy atom. The van der Waals surface area contributed by atoms with Crippen molar-refractivity contribution in [2.45, 2.75) is 12.1 Å². The molecule has 1 aliphatic heterocycles. The van der Waals surface area contributed by atoms with Gasteiger partial charge in [-0.3, -0.25) is 25.2 Å². The van der Waals surface area contributed by atoms with Crippen LogP contribution in [0.3, 0.4) is 0 Å². The number of hydrogen-bond donors (Lipinski definition) is 3. The SMILES string of the molecule is O=C(N[C@H](C(=O)NNC(=O)[C@H]1COc2ccccc2O1)c1ccccc1)c1cccs1. The van der Waals surface area contributed by atoms with Crippen LogP contribution in [0.1, 0.15) is 21.3 Å². The standard InChI is InChI=1S/C22H19N3O5S/c26-20(17-13-29-15-9-4-5-10-16(15)30-17)24-25-22(28)19(14-7-2-1-3-8-14)23-21(27)18-11-6-12-31-18/h1-12,17,19H,13H2,(H,23,27)(H,24,26)(H,25,28)/t17-,19+/m1/s1. The van der Waals surface area contributed by atoms with E-state index in [-0.39, 0.29) is 12.5 Å². The minimum absolute atomic E-state index is 0.00987. The third kappa shape index (κ3) is 4.84. The summed E-state index contributed by atoms with van der Waals surface area (Å²) < 4.78 is 11.1. The van der Waals surface area contributed by atoms with Crippen molar-refractivity contribution in [2.24, 2.45) is 0 Å². The quantitative estimate of drug-likeness (QED) is 0.531. The monoisotopic (exact) mass is 437 g/mol. The number of benzene rings is 2. The van der Waals surface area contributed by atoms with Crippen molar-refractivity contribution in [2.75, 3.05) is 6.61 Å². The molecule has 0 radical (unpaired) electrons. The van der Waals surface area contributed by atoms with Crippen molar-refractivity contribution in [1.29, 1.82) is 0 Å². The normalized spacial score (nSPS) is 15.4. The predicted octanol–water partition coefficient (Wildman–Crippen LogP) is 2.21. The molecule has 2 aromatic carbocycles. The highest BCUT2D eigenvalue weighted by Crippen LogP contribution is 2.30. The van der Waals surface area contributed by atoms with Gasteiger partial charge in [-0.25, -0.2) is 0 Å². The third-order valence-corrected chi connectivity index (χ3v) is 5.39. The first-order chi connectivity index (χ1) is 15.1. The fourth-order valence-corrected chi connectivity index (χ4v) is 3.61. The van der Waals surface area contributed by atoms with Gasteiger partial charge in [-0.2, -0.15) is 0 Å². The van der Waals surface area contributed by atoms with Crippen molar-refractivity contribution in [3.05, 3.63) is 82.6 Å². The van der Waals surface area contributed by atoms with Crippen LogP contribution in [0.4, 0.5) is 0 Å². The van der Waals surface area contributed by atoms with E-state index in [4.69, 9.17) is 9.47 Å². The van der Waals surface area contributed by atoms with E-state index in [1.165, 1.54) is 11.3 Å². The Labute approximate surface area is 182 Å². The lowest BCUT2D eigenvalue weighted by Gasteiger charge is -2.26. The summed E-state index contributed by atoms with van der Waals surface area (Å²) in [7, 11) is 0. The number of ether oxygens (including phenoxy) is 2. The van der Waals surface area contributed by atoms with Gasteiger partial charge in [0.15, 0.2) is 11.5 Å². The first kappa shape index (κ1) is 20.4. The Morgan fingerprint density at radius 1 is 0.903 bits per heavy atom. The largest absolute Gasteiger partial charge is 0.485 e. The van der Waals surface area contributed by atoms with E-state index in [1.807, 2.05) is 0 Å². The van der Waals surface area contributed by atoms with Crippen molar-refractivity contribution in [3.63, 3.8) is 0 Å². The lowest BCUT2D eigenvalue weighted by atomic mass is 10.1. The minimum atomic E-state index is -1.000. The number of amides is 3. The van der Waals surface area contributed by atoms with Crippen LogP contribution in [-0.4, -0.2) is 30.4 Å². The highest BCUT2D eigenvalue weighted by Gasteiger charge is 2.29. The molecule has 0 aliphatic carbocycles. The summed E-state index contributed by atoms with van der Waals surface area (Å²) in [5, 5.41) is 4.48. The molecule has 31 heavy (non-hydrogen) atoms. The smallest absolute Gasteiger partial charge is 0.283 e. The van der Waals surface area contributed by atoms with E-state index < -0.39 is 24.0 Å². The molecule has 4 rings (SSSR count). The molecular formula is C22H19N3O5S. The van der Waals surface area contributed by atoms with E-state index in [1.54, 1.807) is 72.1 Å². The van der Waals surface area contributed by atoms with Gasteiger partial charge in [0.25, 0.3) is 17.7 Å². The van der Waals surface area contributed by atoms with Crippen LogP contribution in [0.5, 0.6) is 11.5 Å². The summed E-state index contributed by atoms with van der Waals surface area (Å²) in [6, 6.07) is 18.2. The lowest BCUT2D eigenvalue weighted by molar-refractivity contribution is -0.135. The molecule has 0 bridgehead atoms. The van der Waals surface area contributed by atoms with Gasteiger partial charge in [0.05, 0.1) is 4.88 Å². The number of nitrogens with one attached hydrogen (secondary N) is 3. The second kappa shape index (κ2) is 9.31. The molecule has 1 aliphatic rings. The molecule has 2 atom stereocenters. The molecule has 0 fully saturated rings. The number of fused-ring (bicyclic) bond motifs is 1. The molecule has 3 amide bonds. The van der Waals surface area contributed by atoms with Crippen molar-refractivity contribution in [3.8, 4) is 11.5 Å². The van der Waals surface area contributed by atoms with Gasteiger partial charge >= 0.3 is 0 Å². The summed E-state index contributed by atoms with van der Waals surface area (Å²) in [4.78, 5) is 38.3. The van der Waals surface area contributed by atoms with E-state index in [9.17, 15) is 14.4 Å². The highest BCUT2D eigenvalue weighted by atomic mass is 32.1. The molecule has 0 saturated heterocycles. The van der Waals surface area contributed by atoms with Gasteiger partial charge in [0, 0.05) is 0 Å². The topological polar surface area (TPSA) is 106 Å². The van der Waals surface area contributed by atoms with Crippen molar-refractivity contribution >= 4 is 29.1 Å². The summed E-state index contributed by atoms with van der Waals surface area (Å²) in [6.07, 6.45) is -0.925. The fraction of sp³-hybridized carbons (Fsp3) is 0.136. The third-order valence-electron chi connectivity index (χ3n) is 4.53. The summed E-state index contributed by atoms with van der Waals surface area (Å²) >= 11 is 1.27. The van der Waals surface area contributed by atoms with E-state index in [2.05, 4.69) is 16.2 Å². The van der Waals surface area contributed by atoms with Gasteiger partial charge < -0.3 is 14.8 Å². The highest BCUT2D eigenvalue weighted by molar-refractivity contribution is 7.12. The minimum Gasteiger partial charge on any atom is -0.485 e. The van der Waals surface area contributed by atoms with E-state index >= 15 is 0 Å². The number of para-hydroxylation sites is 2. The zero-order valence-corrected chi connectivity index (χ0v) is 17.1. The average Bonchev–Trinajstić information content (AvgIpc) is 3.36. The maximum absolute atomic E-state index is 12.8. The maximum Gasteiger partial charge on any atom is 0.283 e. The Hall–Kier alpha value is -3.85. The first-order valence-electron chi connectivity index (χ1n) is 9.49. The Morgan fingerprint density at radius 2 is 1.65 bits per heavy atom.